The molecule has 0 saturated carbocycles. The molecule has 0 spiro atoms. The SMILES string of the molecule is CCOc1cc(CNC(=O)c2cccc(O)c2O)ccc1O. The van der Waals surface area contributed by atoms with Crippen LogP contribution in [0.4, 0.5) is 0 Å². The van der Waals surface area contributed by atoms with E-state index in [2.05, 4.69) is 5.32 Å². The number of phenols is 3. The predicted octanol–water partition coefficient (Wildman–Crippen LogP) is 2.13. The van der Waals surface area contributed by atoms with Crippen molar-refractivity contribution in [3.05, 3.63) is 47.5 Å². The Morgan fingerprint density at radius 3 is 2.64 bits per heavy atom. The third-order valence-corrected chi connectivity index (χ3v) is 3.04. The maximum Gasteiger partial charge on any atom is 0.255 e. The second-order valence-corrected chi connectivity index (χ2v) is 4.59. The van der Waals surface area contributed by atoms with Crippen molar-refractivity contribution in [1.29, 1.82) is 0 Å². The molecule has 2 aromatic carbocycles. The van der Waals surface area contributed by atoms with Crippen molar-refractivity contribution in [2.24, 2.45) is 0 Å². The Bertz CT molecular complexity index is 684. The molecule has 0 atom stereocenters. The van der Waals surface area contributed by atoms with Crippen molar-refractivity contribution in [3.8, 4) is 23.0 Å². The fourth-order valence-electron chi connectivity index (χ4n) is 1.93. The molecule has 22 heavy (non-hydrogen) atoms. The molecule has 1 amide bonds. The van der Waals surface area contributed by atoms with Gasteiger partial charge in [-0.3, -0.25) is 4.79 Å². The molecule has 6 nitrogen and oxygen atoms in total. The minimum Gasteiger partial charge on any atom is -0.504 e. The second-order valence-electron chi connectivity index (χ2n) is 4.59. The molecule has 0 heterocycles. The Hall–Kier alpha value is -2.89. The van der Waals surface area contributed by atoms with Crippen molar-refractivity contribution in [2.45, 2.75) is 13.5 Å². The van der Waals surface area contributed by atoms with Crippen LogP contribution in [0.25, 0.3) is 0 Å². The minimum absolute atomic E-state index is 0.0104. The molecule has 0 aliphatic heterocycles. The van der Waals surface area contributed by atoms with Crippen molar-refractivity contribution < 1.29 is 24.9 Å². The van der Waals surface area contributed by atoms with Gasteiger partial charge in [0.2, 0.25) is 0 Å². The van der Waals surface area contributed by atoms with Crippen LogP contribution in [0, 0.1) is 0 Å². The molecular formula is C16H17NO5. The van der Waals surface area contributed by atoms with Crippen LogP contribution < -0.4 is 10.1 Å². The minimum atomic E-state index is -0.514. The largest absolute Gasteiger partial charge is 0.504 e. The van der Waals surface area contributed by atoms with Crippen LogP contribution in [0.15, 0.2) is 36.4 Å². The third-order valence-electron chi connectivity index (χ3n) is 3.04. The topological polar surface area (TPSA) is 99.0 Å². The number of phenolic OH excluding ortho intramolecular Hbond substituents is 3. The molecule has 0 bridgehead atoms. The van der Waals surface area contributed by atoms with Crippen LogP contribution in [-0.2, 0) is 6.54 Å². The van der Waals surface area contributed by atoms with Crippen molar-refractivity contribution in [2.75, 3.05) is 6.61 Å². The quantitative estimate of drug-likeness (QED) is 0.634. The highest BCUT2D eigenvalue weighted by Gasteiger charge is 2.13. The van der Waals surface area contributed by atoms with Gasteiger partial charge in [0.15, 0.2) is 23.0 Å². The van der Waals surface area contributed by atoms with Gasteiger partial charge in [0, 0.05) is 6.54 Å². The van der Waals surface area contributed by atoms with E-state index in [0.29, 0.717) is 12.4 Å². The van der Waals surface area contributed by atoms with Crippen LogP contribution in [0.2, 0.25) is 0 Å². The van der Waals surface area contributed by atoms with E-state index in [1.165, 1.54) is 24.3 Å². The Labute approximate surface area is 127 Å². The monoisotopic (exact) mass is 303 g/mol. The highest BCUT2D eigenvalue weighted by molar-refractivity contribution is 5.97. The lowest BCUT2D eigenvalue weighted by Gasteiger charge is -2.10. The van der Waals surface area contributed by atoms with Gasteiger partial charge in [-0.1, -0.05) is 12.1 Å². The smallest absolute Gasteiger partial charge is 0.255 e. The average Bonchev–Trinajstić information content (AvgIpc) is 2.50. The zero-order chi connectivity index (χ0) is 16.1. The lowest BCUT2D eigenvalue weighted by molar-refractivity contribution is 0.0947. The lowest BCUT2D eigenvalue weighted by atomic mass is 10.1. The van der Waals surface area contributed by atoms with Crippen LogP contribution >= 0.6 is 0 Å². The molecule has 0 aromatic heterocycles. The van der Waals surface area contributed by atoms with E-state index in [1.54, 1.807) is 19.1 Å². The molecule has 4 N–H and O–H groups in total. The van der Waals surface area contributed by atoms with E-state index < -0.39 is 11.7 Å². The number of rotatable bonds is 5. The normalized spacial score (nSPS) is 10.2. The summed E-state index contributed by atoms with van der Waals surface area (Å²) in [4.78, 5) is 12.0. The zero-order valence-corrected chi connectivity index (χ0v) is 12.0. The van der Waals surface area contributed by atoms with E-state index in [9.17, 15) is 20.1 Å². The highest BCUT2D eigenvalue weighted by atomic mass is 16.5. The summed E-state index contributed by atoms with van der Waals surface area (Å²) in [6.07, 6.45) is 0. The molecular weight excluding hydrogens is 286 g/mol. The number of hydrogen-bond acceptors (Lipinski definition) is 5. The van der Waals surface area contributed by atoms with Crippen molar-refractivity contribution in [3.63, 3.8) is 0 Å². The molecule has 0 fully saturated rings. The first-order chi connectivity index (χ1) is 10.5. The molecule has 0 aliphatic rings. The number of hydrogen-bond donors (Lipinski definition) is 4. The maximum atomic E-state index is 12.0. The number of benzene rings is 2. The van der Waals surface area contributed by atoms with Gasteiger partial charge in [0.05, 0.1) is 12.2 Å². The van der Waals surface area contributed by atoms with Gasteiger partial charge < -0.3 is 25.4 Å². The summed E-state index contributed by atoms with van der Waals surface area (Å²) in [6, 6.07) is 8.94. The molecule has 2 aromatic rings. The summed E-state index contributed by atoms with van der Waals surface area (Å²) >= 11 is 0. The number of para-hydroxylation sites is 1. The zero-order valence-electron chi connectivity index (χ0n) is 12.0. The maximum absolute atomic E-state index is 12.0. The van der Waals surface area contributed by atoms with Gasteiger partial charge in [-0.2, -0.15) is 0 Å². The number of nitrogens with one attached hydrogen (secondary N) is 1. The van der Waals surface area contributed by atoms with Gasteiger partial charge >= 0.3 is 0 Å². The Balaban J connectivity index is 2.08. The number of carbonyl (C=O) groups is 1. The molecule has 0 unspecified atom stereocenters. The first kappa shape index (κ1) is 15.5. The standard InChI is InChI=1S/C16H17NO5/c1-2-22-14-8-10(6-7-12(14)18)9-17-16(21)11-4-3-5-13(19)15(11)20/h3-8,18-20H,2,9H2,1H3,(H,17,21). The van der Waals surface area contributed by atoms with E-state index >= 15 is 0 Å². The number of aromatic hydroxyl groups is 3. The summed E-state index contributed by atoms with van der Waals surface area (Å²) in [5, 5.41) is 31.3. The van der Waals surface area contributed by atoms with Gasteiger partial charge in [-0.25, -0.2) is 0 Å². The van der Waals surface area contributed by atoms with Gasteiger partial charge in [0.25, 0.3) is 5.91 Å². The first-order valence-corrected chi connectivity index (χ1v) is 6.76. The summed E-state index contributed by atoms with van der Waals surface area (Å²) in [5.74, 6) is -0.951. The number of carbonyl (C=O) groups excluding carboxylic acids is 1. The fraction of sp³-hybridized carbons (Fsp3) is 0.188. The van der Waals surface area contributed by atoms with E-state index in [-0.39, 0.29) is 23.6 Å². The molecule has 0 aliphatic carbocycles. The van der Waals surface area contributed by atoms with Crippen LogP contribution in [-0.4, -0.2) is 27.8 Å². The van der Waals surface area contributed by atoms with Crippen LogP contribution in [0.1, 0.15) is 22.8 Å². The van der Waals surface area contributed by atoms with Crippen LogP contribution in [0.3, 0.4) is 0 Å². The fourth-order valence-corrected chi connectivity index (χ4v) is 1.93. The number of amides is 1. The summed E-state index contributed by atoms with van der Waals surface area (Å²) in [5.41, 5.74) is 0.720. The number of ether oxygens (including phenoxy) is 1. The molecule has 2 rings (SSSR count). The molecule has 0 radical (unpaired) electrons. The van der Waals surface area contributed by atoms with Crippen molar-refractivity contribution >= 4 is 5.91 Å². The molecule has 6 heteroatoms. The average molecular weight is 303 g/mol. The van der Waals surface area contributed by atoms with E-state index in [1.807, 2.05) is 0 Å². The lowest BCUT2D eigenvalue weighted by Crippen LogP contribution is -2.22. The van der Waals surface area contributed by atoms with Gasteiger partial charge in [-0.15, -0.1) is 0 Å². The van der Waals surface area contributed by atoms with E-state index in [4.69, 9.17) is 4.74 Å². The van der Waals surface area contributed by atoms with Crippen LogP contribution in [0.5, 0.6) is 23.0 Å². The Kier molecular flexibility index (Phi) is 4.73. The van der Waals surface area contributed by atoms with Gasteiger partial charge in [-0.05, 0) is 36.8 Å². The first-order valence-electron chi connectivity index (χ1n) is 6.76. The van der Waals surface area contributed by atoms with E-state index in [0.717, 1.165) is 5.56 Å². The Morgan fingerprint density at radius 2 is 1.91 bits per heavy atom. The highest BCUT2D eigenvalue weighted by Crippen LogP contribution is 2.29. The molecule has 0 saturated heterocycles. The predicted molar refractivity (Wildman–Crippen MR) is 80.2 cm³/mol. The summed E-state index contributed by atoms with van der Waals surface area (Å²) in [6.45, 7) is 2.41. The van der Waals surface area contributed by atoms with Gasteiger partial charge in [0.1, 0.15) is 0 Å². The third kappa shape index (κ3) is 3.41. The van der Waals surface area contributed by atoms with Crippen molar-refractivity contribution in [1.82, 2.24) is 5.32 Å². The Morgan fingerprint density at radius 1 is 1.14 bits per heavy atom. The summed E-state index contributed by atoms with van der Waals surface area (Å²) in [7, 11) is 0. The summed E-state index contributed by atoms with van der Waals surface area (Å²) < 4.78 is 5.27. The molecule has 116 valence electrons. The second kappa shape index (κ2) is 6.71.